The van der Waals surface area contributed by atoms with Gasteiger partial charge >= 0.3 is 12.1 Å². The zero-order valence-electron chi connectivity index (χ0n) is 20.4. The van der Waals surface area contributed by atoms with Gasteiger partial charge < -0.3 is 14.4 Å². The quantitative estimate of drug-likeness (QED) is 0.545. The van der Waals surface area contributed by atoms with Gasteiger partial charge in [0.25, 0.3) is 0 Å². The molecule has 1 amide bonds. The highest BCUT2D eigenvalue weighted by atomic mass is 32.2. The van der Waals surface area contributed by atoms with Crippen molar-refractivity contribution >= 4 is 22.1 Å². The molecule has 1 aliphatic rings. The van der Waals surface area contributed by atoms with Gasteiger partial charge in [-0.05, 0) is 75.6 Å². The van der Waals surface area contributed by atoms with Crippen molar-refractivity contribution < 1.29 is 31.9 Å². The number of sulfonamides is 1. The molecule has 2 aromatic carbocycles. The number of ether oxygens (including phenoxy) is 2. The van der Waals surface area contributed by atoms with Crippen molar-refractivity contribution in [2.24, 2.45) is 0 Å². The molecule has 0 bridgehead atoms. The van der Waals surface area contributed by atoms with Crippen LogP contribution in [0.25, 0.3) is 0 Å². The summed E-state index contributed by atoms with van der Waals surface area (Å²) in [5.74, 6) is -1.03. The molecule has 1 saturated heterocycles. The highest BCUT2D eigenvalue weighted by Gasteiger charge is 2.36. The molecule has 1 unspecified atom stereocenters. The van der Waals surface area contributed by atoms with Gasteiger partial charge in [0.05, 0.1) is 17.6 Å². The Bertz CT molecular complexity index is 1140. The lowest BCUT2D eigenvalue weighted by Crippen LogP contribution is -2.52. The van der Waals surface area contributed by atoms with E-state index in [2.05, 4.69) is 0 Å². The molecule has 1 heterocycles. The molecule has 1 aliphatic heterocycles. The molecule has 0 spiro atoms. The number of hydrogen-bond donors (Lipinski definition) is 0. The molecule has 1 fully saturated rings. The van der Waals surface area contributed by atoms with Gasteiger partial charge in [-0.15, -0.1) is 0 Å². The fraction of sp³-hybridized carbons (Fsp3) is 0.440. The van der Waals surface area contributed by atoms with E-state index in [1.54, 1.807) is 45.0 Å². The van der Waals surface area contributed by atoms with E-state index in [9.17, 15) is 22.4 Å². The van der Waals surface area contributed by atoms with Crippen molar-refractivity contribution in [3.8, 4) is 0 Å². The Morgan fingerprint density at radius 2 is 1.71 bits per heavy atom. The van der Waals surface area contributed by atoms with Crippen LogP contribution in [0, 0.1) is 5.82 Å². The van der Waals surface area contributed by atoms with E-state index >= 15 is 0 Å². The normalized spacial score (nSPS) is 16.7. The highest BCUT2D eigenvalue weighted by molar-refractivity contribution is 7.89. The Labute approximate surface area is 205 Å². The van der Waals surface area contributed by atoms with Crippen LogP contribution >= 0.6 is 0 Å². The molecule has 1 atom stereocenters. The van der Waals surface area contributed by atoms with E-state index in [1.165, 1.54) is 28.4 Å². The smallest absolute Gasteiger partial charge is 0.410 e. The van der Waals surface area contributed by atoms with Gasteiger partial charge in [0.15, 0.2) is 0 Å². The molecule has 0 saturated carbocycles. The topological polar surface area (TPSA) is 93.2 Å². The molecular weight excluding hydrogens is 475 g/mol. The fourth-order valence-corrected chi connectivity index (χ4v) is 5.51. The van der Waals surface area contributed by atoms with Crippen LogP contribution in [0.5, 0.6) is 0 Å². The summed E-state index contributed by atoms with van der Waals surface area (Å²) in [5, 5.41) is 0. The Morgan fingerprint density at radius 1 is 1.09 bits per heavy atom. The van der Waals surface area contributed by atoms with Gasteiger partial charge in [-0.2, -0.15) is 4.31 Å². The number of carbonyl (C=O) groups is 2. The highest BCUT2D eigenvalue weighted by Crippen LogP contribution is 2.27. The second-order valence-corrected chi connectivity index (χ2v) is 11.3. The van der Waals surface area contributed by atoms with E-state index in [0.717, 1.165) is 12.1 Å². The van der Waals surface area contributed by atoms with Crippen molar-refractivity contribution in [3.63, 3.8) is 0 Å². The van der Waals surface area contributed by atoms with Crippen LogP contribution in [0.1, 0.15) is 49.5 Å². The Morgan fingerprint density at radius 3 is 2.29 bits per heavy atom. The fourth-order valence-electron chi connectivity index (χ4n) is 3.88. The van der Waals surface area contributed by atoms with Gasteiger partial charge in [-0.1, -0.05) is 12.1 Å². The van der Waals surface area contributed by atoms with Gasteiger partial charge in [0.1, 0.15) is 11.4 Å². The van der Waals surface area contributed by atoms with E-state index < -0.39 is 39.5 Å². The maximum Gasteiger partial charge on any atom is 0.410 e. The summed E-state index contributed by atoms with van der Waals surface area (Å²) in [6, 6.07) is 10.6. The van der Waals surface area contributed by atoms with Gasteiger partial charge in [0.2, 0.25) is 10.0 Å². The summed E-state index contributed by atoms with van der Waals surface area (Å²) in [4.78, 5) is 25.9. The molecule has 35 heavy (non-hydrogen) atoms. The Hall–Kier alpha value is -2.98. The average molecular weight is 507 g/mol. The second kappa shape index (κ2) is 10.7. The number of nitrogens with zero attached hydrogens (tertiary/aromatic N) is 2. The number of hydrogen-bond acceptors (Lipinski definition) is 6. The minimum absolute atomic E-state index is 0.00792. The molecule has 0 radical (unpaired) electrons. The minimum atomic E-state index is -4.03. The summed E-state index contributed by atoms with van der Waals surface area (Å²) >= 11 is 0. The maximum atomic E-state index is 13.7. The van der Waals surface area contributed by atoms with Crippen molar-refractivity contribution in [1.29, 1.82) is 0 Å². The van der Waals surface area contributed by atoms with E-state index in [1.807, 2.05) is 0 Å². The standard InChI is InChI=1S/C25H31FN2O6S/c1-25(2,3)34-24(30)27-15-5-6-21(17-27)28(35(31,32)22-13-11-20(26)12-14-22)16-18-7-9-19(10-8-18)23(29)33-4/h7-14,21H,5-6,15-17H2,1-4H3. The van der Waals surface area contributed by atoms with Crippen LogP contribution in [0.2, 0.25) is 0 Å². The van der Waals surface area contributed by atoms with Crippen LogP contribution in [0.3, 0.4) is 0 Å². The number of likely N-dealkylation sites (tertiary alicyclic amines) is 1. The van der Waals surface area contributed by atoms with Crippen molar-refractivity contribution in [3.05, 3.63) is 65.5 Å². The maximum absolute atomic E-state index is 13.7. The zero-order chi connectivity index (χ0) is 25.8. The molecule has 190 valence electrons. The largest absolute Gasteiger partial charge is 0.465 e. The number of amides is 1. The summed E-state index contributed by atoms with van der Waals surface area (Å²) in [6.07, 6.45) is 0.643. The molecule has 0 N–H and O–H groups in total. The molecule has 10 heteroatoms. The van der Waals surface area contributed by atoms with Crippen molar-refractivity contribution in [2.45, 2.75) is 56.7 Å². The van der Waals surface area contributed by atoms with Crippen LogP contribution in [0.15, 0.2) is 53.4 Å². The first-order valence-corrected chi connectivity index (χ1v) is 12.8. The number of esters is 1. The number of benzene rings is 2. The Kier molecular flexibility index (Phi) is 8.17. The number of rotatable bonds is 6. The van der Waals surface area contributed by atoms with Crippen LogP contribution < -0.4 is 0 Å². The van der Waals surface area contributed by atoms with Gasteiger partial charge in [-0.25, -0.2) is 22.4 Å². The zero-order valence-corrected chi connectivity index (χ0v) is 21.2. The minimum Gasteiger partial charge on any atom is -0.465 e. The van der Waals surface area contributed by atoms with Crippen LogP contribution in [-0.4, -0.2) is 61.5 Å². The molecule has 2 aromatic rings. The molecule has 3 rings (SSSR count). The predicted molar refractivity (Wildman–Crippen MR) is 128 cm³/mol. The number of carbonyl (C=O) groups excluding carboxylic acids is 2. The van der Waals surface area contributed by atoms with Crippen molar-refractivity contribution in [2.75, 3.05) is 20.2 Å². The monoisotopic (exact) mass is 506 g/mol. The lowest BCUT2D eigenvalue weighted by molar-refractivity contribution is 0.0152. The van der Waals surface area contributed by atoms with Gasteiger partial charge in [-0.3, -0.25) is 0 Å². The Balaban J connectivity index is 1.92. The van der Waals surface area contributed by atoms with E-state index in [4.69, 9.17) is 9.47 Å². The number of methoxy groups -OCH3 is 1. The first-order valence-electron chi connectivity index (χ1n) is 11.3. The van der Waals surface area contributed by atoms with E-state index in [-0.39, 0.29) is 18.0 Å². The average Bonchev–Trinajstić information content (AvgIpc) is 2.81. The third kappa shape index (κ3) is 6.79. The van der Waals surface area contributed by atoms with E-state index in [0.29, 0.717) is 30.5 Å². The third-order valence-corrected chi connectivity index (χ3v) is 7.50. The lowest BCUT2D eigenvalue weighted by atomic mass is 10.1. The molecular formula is C25H31FN2O6S. The number of halogens is 1. The third-order valence-electron chi connectivity index (χ3n) is 5.59. The van der Waals surface area contributed by atoms with Crippen LogP contribution in [-0.2, 0) is 26.0 Å². The first-order chi connectivity index (χ1) is 16.4. The molecule has 0 aliphatic carbocycles. The molecule has 8 nitrogen and oxygen atoms in total. The summed E-state index contributed by atoms with van der Waals surface area (Å²) < 4.78 is 52.4. The summed E-state index contributed by atoms with van der Waals surface area (Å²) in [7, 11) is -2.75. The molecule has 0 aromatic heterocycles. The predicted octanol–water partition coefficient (Wildman–Crippen LogP) is 4.20. The van der Waals surface area contributed by atoms with Crippen molar-refractivity contribution in [1.82, 2.24) is 9.21 Å². The number of piperidine rings is 1. The summed E-state index contributed by atoms with van der Waals surface area (Å²) in [5.41, 5.74) is 0.321. The van der Waals surface area contributed by atoms with Gasteiger partial charge in [0, 0.05) is 25.7 Å². The van der Waals surface area contributed by atoms with Crippen LogP contribution in [0.4, 0.5) is 9.18 Å². The lowest BCUT2D eigenvalue weighted by Gasteiger charge is -2.39. The second-order valence-electron chi connectivity index (χ2n) is 9.42. The SMILES string of the molecule is COC(=O)c1ccc(CN(C2CCCN(C(=O)OC(C)(C)C)C2)S(=O)(=O)c2ccc(F)cc2)cc1. The summed E-state index contributed by atoms with van der Waals surface area (Å²) in [6.45, 7) is 5.95. The first kappa shape index (κ1) is 26.6.